The normalized spacial score (nSPS) is 16.6. The predicted octanol–water partition coefficient (Wildman–Crippen LogP) is 3.97. The molecule has 3 aromatic rings. The van der Waals surface area contributed by atoms with Crippen LogP contribution in [0.3, 0.4) is 0 Å². The van der Waals surface area contributed by atoms with Crippen LogP contribution < -0.4 is 5.56 Å². The Labute approximate surface area is 162 Å². The van der Waals surface area contributed by atoms with E-state index in [1.165, 1.54) is 21.0 Å². The SMILES string of the molecule is O=C(c1cc(-n2sc3ncccc3c2=O)ccc1Cl)N1CCC(F)(F)CC1. The molecule has 140 valence electrons. The number of carbonyl (C=O) groups excluding carboxylic acids is 1. The zero-order valence-corrected chi connectivity index (χ0v) is 15.6. The molecule has 5 nitrogen and oxygen atoms in total. The maximum atomic E-state index is 13.3. The van der Waals surface area contributed by atoms with E-state index in [9.17, 15) is 18.4 Å². The topological polar surface area (TPSA) is 55.2 Å². The summed E-state index contributed by atoms with van der Waals surface area (Å²) in [4.78, 5) is 31.5. The van der Waals surface area contributed by atoms with Crippen molar-refractivity contribution >= 4 is 39.3 Å². The fourth-order valence-electron chi connectivity index (χ4n) is 3.04. The van der Waals surface area contributed by atoms with E-state index in [1.54, 1.807) is 24.4 Å². The molecule has 1 amide bonds. The van der Waals surface area contributed by atoms with Crippen LogP contribution in [0.4, 0.5) is 8.78 Å². The number of likely N-dealkylation sites (tertiary alicyclic amines) is 1. The molecule has 0 spiro atoms. The number of rotatable bonds is 2. The van der Waals surface area contributed by atoms with Crippen LogP contribution in [0.5, 0.6) is 0 Å². The third kappa shape index (κ3) is 3.35. The summed E-state index contributed by atoms with van der Waals surface area (Å²) in [6, 6.07) is 8.07. The molecule has 1 aliphatic rings. The minimum atomic E-state index is -2.74. The highest BCUT2D eigenvalue weighted by molar-refractivity contribution is 7.13. The predicted molar refractivity (Wildman–Crippen MR) is 100 cm³/mol. The van der Waals surface area contributed by atoms with E-state index in [0.717, 1.165) is 11.5 Å². The number of fused-ring (bicyclic) bond motifs is 1. The Morgan fingerprint density at radius 3 is 2.67 bits per heavy atom. The number of hydrogen-bond acceptors (Lipinski definition) is 4. The Balaban J connectivity index is 1.70. The van der Waals surface area contributed by atoms with Gasteiger partial charge in [0.1, 0.15) is 4.83 Å². The van der Waals surface area contributed by atoms with Crippen LogP contribution in [0.25, 0.3) is 15.9 Å². The van der Waals surface area contributed by atoms with Crippen molar-refractivity contribution < 1.29 is 13.6 Å². The zero-order chi connectivity index (χ0) is 19.2. The number of aromatic nitrogens is 2. The molecule has 0 radical (unpaired) electrons. The third-order valence-corrected chi connectivity index (χ3v) is 5.95. The number of benzene rings is 1. The first kappa shape index (κ1) is 18.1. The maximum Gasteiger partial charge on any atom is 0.274 e. The van der Waals surface area contributed by atoms with Crippen LogP contribution in [0.2, 0.25) is 5.02 Å². The molecule has 1 saturated heterocycles. The average Bonchev–Trinajstić information content (AvgIpc) is 2.99. The van der Waals surface area contributed by atoms with Gasteiger partial charge in [0, 0.05) is 32.1 Å². The van der Waals surface area contributed by atoms with Crippen molar-refractivity contribution in [1.29, 1.82) is 0 Å². The molecule has 0 atom stereocenters. The van der Waals surface area contributed by atoms with Crippen LogP contribution in [0.1, 0.15) is 23.2 Å². The van der Waals surface area contributed by atoms with Crippen molar-refractivity contribution in [3.63, 3.8) is 0 Å². The van der Waals surface area contributed by atoms with Crippen LogP contribution in [0, 0.1) is 0 Å². The first-order valence-electron chi connectivity index (χ1n) is 8.30. The fourth-order valence-corrected chi connectivity index (χ4v) is 4.18. The van der Waals surface area contributed by atoms with Crippen LogP contribution in [0.15, 0.2) is 41.3 Å². The minimum absolute atomic E-state index is 0.0286. The van der Waals surface area contributed by atoms with Crippen molar-refractivity contribution in [3.05, 3.63) is 57.5 Å². The Kier molecular flexibility index (Phi) is 4.47. The van der Waals surface area contributed by atoms with Gasteiger partial charge in [0.25, 0.3) is 17.4 Å². The Morgan fingerprint density at radius 2 is 1.96 bits per heavy atom. The highest BCUT2D eigenvalue weighted by Crippen LogP contribution is 2.30. The van der Waals surface area contributed by atoms with Crippen molar-refractivity contribution in [2.75, 3.05) is 13.1 Å². The lowest BCUT2D eigenvalue weighted by Gasteiger charge is -2.32. The summed E-state index contributed by atoms with van der Waals surface area (Å²) in [5.74, 6) is -3.15. The van der Waals surface area contributed by atoms with Crippen molar-refractivity contribution in [2.24, 2.45) is 0 Å². The van der Waals surface area contributed by atoms with Crippen LogP contribution in [-0.2, 0) is 0 Å². The van der Waals surface area contributed by atoms with Gasteiger partial charge in [0.2, 0.25) is 0 Å². The molecular formula is C18H14ClF2N3O2S. The number of hydrogen-bond donors (Lipinski definition) is 0. The largest absolute Gasteiger partial charge is 0.338 e. The smallest absolute Gasteiger partial charge is 0.274 e. The van der Waals surface area contributed by atoms with E-state index < -0.39 is 11.8 Å². The maximum absolute atomic E-state index is 13.3. The second kappa shape index (κ2) is 6.69. The summed E-state index contributed by atoms with van der Waals surface area (Å²) < 4.78 is 28.1. The molecule has 1 aromatic carbocycles. The monoisotopic (exact) mass is 409 g/mol. The summed E-state index contributed by atoms with van der Waals surface area (Å²) in [5, 5.41) is 0.706. The lowest BCUT2D eigenvalue weighted by Crippen LogP contribution is -2.42. The molecule has 1 aliphatic heterocycles. The van der Waals surface area contributed by atoms with Gasteiger partial charge in [0.05, 0.1) is 21.7 Å². The highest BCUT2D eigenvalue weighted by atomic mass is 35.5. The van der Waals surface area contributed by atoms with E-state index in [1.807, 2.05) is 0 Å². The van der Waals surface area contributed by atoms with Crippen molar-refractivity contribution in [3.8, 4) is 5.69 Å². The molecule has 0 bridgehead atoms. The van der Waals surface area contributed by atoms with Crippen molar-refractivity contribution in [1.82, 2.24) is 13.8 Å². The molecule has 27 heavy (non-hydrogen) atoms. The minimum Gasteiger partial charge on any atom is -0.338 e. The van der Waals surface area contributed by atoms with E-state index in [2.05, 4.69) is 4.98 Å². The van der Waals surface area contributed by atoms with Gasteiger partial charge in [-0.25, -0.2) is 17.7 Å². The first-order chi connectivity index (χ1) is 12.9. The fraction of sp³-hybridized carbons (Fsp3) is 0.278. The number of piperidine rings is 1. The van der Waals surface area contributed by atoms with Gasteiger partial charge in [-0.05, 0) is 41.9 Å². The van der Waals surface area contributed by atoms with Crippen LogP contribution in [-0.4, -0.2) is 38.8 Å². The first-order valence-corrected chi connectivity index (χ1v) is 9.45. The Morgan fingerprint density at radius 1 is 1.22 bits per heavy atom. The Hall–Kier alpha value is -2.32. The molecule has 9 heteroatoms. The number of pyridine rings is 1. The highest BCUT2D eigenvalue weighted by Gasteiger charge is 2.36. The lowest BCUT2D eigenvalue weighted by atomic mass is 10.1. The molecule has 0 aliphatic carbocycles. The van der Waals surface area contributed by atoms with Gasteiger partial charge >= 0.3 is 0 Å². The van der Waals surface area contributed by atoms with Crippen LogP contribution >= 0.6 is 23.1 Å². The number of nitrogens with zero attached hydrogens (tertiary/aromatic N) is 3. The van der Waals surface area contributed by atoms with Gasteiger partial charge < -0.3 is 4.90 Å². The molecular weight excluding hydrogens is 396 g/mol. The molecule has 4 rings (SSSR count). The summed E-state index contributed by atoms with van der Waals surface area (Å²) in [5.41, 5.74) is 0.441. The average molecular weight is 410 g/mol. The number of carbonyl (C=O) groups is 1. The summed E-state index contributed by atoms with van der Waals surface area (Å²) in [6.45, 7) is -0.0573. The molecule has 3 heterocycles. The van der Waals surface area contributed by atoms with Gasteiger partial charge in [-0.1, -0.05) is 11.6 Å². The third-order valence-electron chi connectivity index (χ3n) is 4.56. The lowest BCUT2D eigenvalue weighted by molar-refractivity contribution is -0.0494. The van der Waals surface area contributed by atoms with E-state index in [-0.39, 0.29) is 42.1 Å². The van der Waals surface area contributed by atoms with E-state index in [4.69, 9.17) is 11.6 Å². The Bertz CT molecular complexity index is 1090. The summed E-state index contributed by atoms with van der Waals surface area (Å²) in [6.07, 6.45) is 0.876. The molecule has 0 unspecified atom stereocenters. The van der Waals surface area contributed by atoms with Gasteiger partial charge in [-0.15, -0.1) is 0 Å². The summed E-state index contributed by atoms with van der Waals surface area (Å²) >= 11 is 7.34. The zero-order valence-electron chi connectivity index (χ0n) is 14.0. The van der Waals surface area contributed by atoms with E-state index in [0.29, 0.717) is 15.9 Å². The van der Waals surface area contributed by atoms with E-state index >= 15 is 0 Å². The molecule has 0 N–H and O–H groups in total. The second-order valence-corrected chi connectivity index (χ2v) is 7.70. The second-order valence-electron chi connectivity index (χ2n) is 6.36. The molecule has 1 fully saturated rings. The quantitative estimate of drug-likeness (QED) is 0.643. The number of alkyl halides is 2. The number of halogens is 3. The van der Waals surface area contributed by atoms with Crippen molar-refractivity contribution in [2.45, 2.75) is 18.8 Å². The molecule has 0 saturated carbocycles. The standard InChI is InChI=1S/C18H14ClF2N3O2S/c19-14-4-3-11(24-17(26)12-2-1-7-22-15(12)27-24)10-13(14)16(25)23-8-5-18(20,21)6-9-23/h1-4,7,10H,5-6,8-9H2. The van der Waals surface area contributed by atoms with Gasteiger partial charge in [-0.3, -0.25) is 9.59 Å². The van der Waals surface area contributed by atoms with Gasteiger partial charge in [-0.2, -0.15) is 0 Å². The summed E-state index contributed by atoms with van der Waals surface area (Å²) in [7, 11) is 0. The molecule has 2 aromatic heterocycles. The number of amides is 1. The van der Waals surface area contributed by atoms with Gasteiger partial charge in [0.15, 0.2) is 0 Å².